The van der Waals surface area contributed by atoms with Crippen LogP contribution in [0.5, 0.6) is 0 Å². The smallest absolute Gasteiger partial charge is 0.335 e. The van der Waals surface area contributed by atoms with Crippen molar-refractivity contribution in [3.05, 3.63) is 0 Å². The second-order valence-electron chi connectivity index (χ2n) is 19.1. The average molecular weight is 1160 g/mol. The van der Waals surface area contributed by atoms with Crippen LogP contribution in [-0.2, 0) is 80.9 Å². The van der Waals surface area contributed by atoms with E-state index in [9.17, 15) is 116 Å². The molecular formula is C42H65N3O34. The Bertz CT molecular complexity index is 2120. The van der Waals surface area contributed by atoms with E-state index in [1.807, 2.05) is 0 Å². The molecule has 3 amide bonds. The Morgan fingerprint density at radius 3 is 0.962 bits per heavy atom. The summed E-state index contributed by atoms with van der Waals surface area (Å²) in [5, 5.41) is 188. The van der Waals surface area contributed by atoms with E-state index in [-0.39, 0.29) is 0 Å². The van der Waals surface area contributed by atoms with Crippen molar-refractivity contribution in [3.8, 4) is 0 Å². The van der Waals surface area contributed by atoms with Crippen LogP contribution in [0, 0.1) is 0 Å². The molecule has 6 fully saturated rings. The number of hydrogen-bond donors (Lipinski definition) is 20. The van der Waals surface area contributed by atoms with Gasteiger partial charge in [0.25, 0.3) is 0 Å². The lowest BCUT2D eigenvalue weighted by molar-refractivity contribution is -0.377. The molecule has 37 heteroatoms. The van der Waals surface area contributed by atoms with Gasteiger partial charge in [0, 0.05) is 20.8 Å². The summed E-state index contributed by atoms with van der Waals surface area (Å²) in [4.78, 5) is 74.7. The van der Waals surface area contributed by atoms with Crippen LogP contribution >= 0.6 is 0 Å². The SMILES string of the molecule is CC(=O)N[C@H]1[C@@H](O[C@@H]2[C@@H](O)[C@H](O)[C@@H](O[C@H]3[C@H](O)[C@@H](CO)OC(O[C@H]4C(C(=O)O)O[C@H](O[C@H]5[C@H](O)[C@@H](CO)OC(O)[C@H]5NC(C)=O)[C@@H](O)C4O)[C@H]3NC(C)=O)O[C@H]2C(=O)O)O[C@@H](CO)[C@H](O)[C@@H]1O[C@H]1O[C@@H](C(=O)O)[C@H](O)[C@H](O)[C@H]1O. The van der Waals surface area contributed by atoms with E-state index in [0.717, 1.165) is 20.8 Å². The van der Waals surface area contributed by atoms with Gasteiger partial charge in [-0.25, -0.2) is 14.4 Å². The largest absolute Gasteiger partial charge is 0.479 e. The molecule has 452 valence electrons. The molecule has 0 aromatic heterocycles. The first-order valence-corrected chi connectivity index (χ1v) is 24.1. The average Bonchev–Trinajstić information content (AvgIpc) is 3.44. The molecule has 79 heavy (non-hydrogen) atoms. The van der Waals surface area contributed by atoms with Gasteiger partial charge in [0.2, 0.25) is 17.7 Å². The first-order chi connectivity index (χ1) is 37.1. The van der Waals surface area contributed by atoms with Crippen molar-refractivity contribution in [1.29, 1.82) is 0 Å². The lowest BCUT2D eigenvalue weighted by Crippen LogP contribution is -2.71. The summed E-state index contributed by atoms with van der Waals surface area (Å²) in [6, 6.07) is -5.60. The van der Waals surface area contributed by atoms with Crippen LogP contribution in [-0.4, -0.2) is 326 Å². The zero-order chi connectivity index (χ0) is 58.8. The molecule has 6 rings (SSSR count). The normalized spacial score (nSPS) is 46.6. The van der Waals surface area contributed by atoms with Crippen molar-refractivity contribution >= 4 is 35.6 Å². The summed E-state index contributed by atoms with van der Waals surface area (Å²) in [5.41, 5.74) is 0. The number of carboxylic acid groups (broad SMARTS) is 3. The fraction of sp³-hybridized carbons (Fsp3) is 0.857. The fourth-order valence-corrected chi connectivity index (χ4v) is 9.64. The highest BCUT2D eigenvalue weighted by Crippen LogP contribution is 2.37. The lowest BCUT2D eigenvalue weighted by Gasteiger charge is -2.50. The highest BCUT2D eigenvalue weighted by atomic mass is 16.8. The molecule has 0 bridgehead atoms. The molecule has 0 aromatic carbocycles. The summed E-state index contributed by atoms with van der Waals surface area (Å²) in [6.07, 6.45) is -59.2. The second kappa shape index (κ2) is 26.8. The van der Waals surface area contributed by atoms with E-state index in [1.165, 1.54) is 0 Å². The van der Waals surface area contributed by atoms with Gasteiger partial charge >= 0.3 is 17.9 Å². The number of ether oxygens (including phenoxy) is 11. The summed E-state index contributed by atoms with van der Waals surface area (Å²) in [5.74, 6) is -8.58. The van der Waals surface area contributed by atoms with E-state index in [2.05, 4.69) is 16.0 Å². The summed E-state index contributed by atoms with van der Waals surface area (Å²) in [7, 11) is 0. The Morgan fingerprint density at radius 2 is 0.633 bits per heavy atom. The Hall–Kier alpha value is -4.18. The number of carboxylic acids is 3. The number of aliphatic hydroxyl groups excluding tert-OH is 14. The molecule has 37 nitrogen and oxygen atoms in total. The minimum Gasteiger partial charge on any atom is -0.479 e. The molecule has 0 aliphatic carbocycles. The first-order valence-electron chi connectivity index (χ1n) is 24.1. The highest BCUT2D eigenvalue weighted by molar-refractivity contribution is 5.75. The number of aliphatic carboxylic acids is 3. The molecule has 0 aromatic rings. The van der Waals surface area contributed by atoms with Gasteiger partial charge in [0.1, 0.15) is 128 Å². The predicted octanol–water partition coefficient (Wildman–Crippen LogP) is -13.4. The minimum atomic E-state index is -2.52. The Labute approximate surface area is 443 Å². The first kappa shape index (κ1) is 64.0. The fourth-order valence-electron chi connectivity index (χ4n) is 9.64. The molecule has 0 radical (unpaired) electrons. The van der Waals surface area contributed by atoms with Crippen molar-refractivity contribution in [3.63, 3.8) is 0 Å². The maximum Gasteiger partial charge on any atom is 0.335 e. The quantitative estimate of drug-likeness (QED) is 0.0571. The van der Waals surface area contributed by atoms with E-state index in [0.29, 0.717) is 0 Å². The van der Waals surface area contributed by atoms with Crippen LogP contribution in [0.4, 0.5) is 0 Å². The number of carbonyl (C=O) groups excluding carboxylic acids is 3. The Morgan fingerprint density at radius 1 is 0.342 bits per heavy atom. The number of aliphatic hydroxyl groups is 14. The molecule has 20 N–H and O–H groups in total. The third-order valence-corrected chi connectivity index (χ3v) is 13.5. The number of hydrogen-bond acceptors (Lipinski definition) is 31. The standard InChI is InChI=1S/C42H65N3O34/c1-7(49)43-13-26(16(52)10(4-46)69-37(13)68)72-41-24(60)21(57)29(32(78-41)35(64)65)75-39-15(45-9(3)51)28(18(54)12(6-48)71-39)74-42-25(61)22(58)30(33(79-42)36(66)67)76-38-14(44-8(2)50)27(17(53)11(5-47)70-38)73-40-23(59)19(55)20(56)31(77-40)34(62)63/h10-33,37-42,46-48,52-61,68H,4-6H2,1-3H3,(H,43,49)(H,44,50)(H,45,51)(H,62,63)(H,64,65)(H,66,67)/t10-,11+,12-,13+,14-,15+,16-,17+,18-,19+,20-,21?,22+,23-,24+,25+,26-,27-,28-,29-,30-,31-,32?,33-,37?,38-,39?,40+,41+,42+/m1/s1. The third kappa shape index (κ3) is 13.8. The second-order valence-corrected chi connectivity index (χ2v) is 19.1. The van der Waals surface area contributed by atoms with Crippen LogP contribution < -0.4 is 16.0 Å². The summed E-state index contributed by atoms with van der Waals surface area (Å²) < 4.78 is 61.2. The molecule has 6 saturated heterocycles. The van der Waals surface area contributed by atoms with E-state index >= 15 is 0 Å². The molecule has 4 unspecified atom stereocenters. The topological polar surface area (TPSA) is 584 Å². The third-order valence-electron chi connectivity index (χ3n) is 13.5. The number of rotatable bonds is 19. The minimum absolute atomic E-state index is 0.806. The molecule has 30 atom stereocenters. The zero-order valence-electron chi connectivity index (χ0n) is 41.5. The van der Waals surface area contributed by atoms with Gasteiger partial charge < -0.3 is 155 Å². The molecular weight excluding hydrogens is 1090 g/mol. The maximum atomic E-state index is 12.9. The van der Waals surface area contributed by atoms with Gasteiger partial charge in [0.05, 0.1) is 19.8 Å². The van der Waals surface area contributed by atoms with Crippen LogP contribution in [0.3, 0.4) is 0 Å². The van der Waals surface area contributed by atoms with Crippen molar-refractivity contribution in [2.75, 3.05) is 19.8 Å². The van der Waals surface area contributed by atoms with Crippen molar-refractivity contribution in [2.24, 2.45) is 0 Å². The van der Waals surface area contributed by atoms with Gasteiger partial charge in [0.15, 0.2) is 56.1 Å². The number of amides is 3. The van der Waals surface area contributed by atoms with Gasteiger partial charge in [-0.15, -0.1) is 0 Å². The zero-order valence-corrected chi connectivity index (χ0v) is 41.5. The predicted molar refractivity (Wildman–Crippen MR) is 236 cm³/mol. The van der Waals surface area contributed by atoms with Crippen molar-refractivity contribution in [2.45, 2.75) is 205 Å². The Balaban J connectivity index is 1.25. The summed E-state index contributed by atoms with van der Waals surface area (Å²) >= 11 is 0. The lowest BCUT2D eigenvalue weighted by atomic mass is 9.93. The molecule has 6 heterocycles. The Kier molecular flexibility index (Phi) is 21.7. The summed E-state index contributed by atoms with van der Waals surface area (Å²) in [6.45, 7) is -0.408. The van der Waals surface area contributed by atoms with E-state index in [1.54, 1.807) is 0 Å². The van der Waals surface area contributed by atoms with Crippen LogP contribution in [0.2, 0.25) is 0 Å². The molecule has 6 aliphatic rings. The molecule has 0 saturated carbocycles. The maximum absolute atomic E-state index is 12.9. The number of carbonyl (C=O) groups is 6. The molecule has 6 aliphatic heterocycles. The van der Waals surface area contributed by atoms with E-state index in [4.69, 9.17) is 52.1 Å². The van der Waals surface area contributed by atoms with Crippen molar-refractivity contribution < 1.29 is 168 Å². The van der Waals surface area contributed by atoms with Gasteiger partial charge in [-0.1, -0.05) is 0 Å². The molecule has 0 spiro atoms. The van der Waals surface area contributed by atoms with Crippen molar-refractivity contribution in [1.82, 2.24) is 16.0 Å². The van der Waals surface area contributed by atoms with Gasteiger partial charge in [-0.05, 0) is 0 Å². The highest BCUT2D eigenvalue weighted by Gasteiger charge is 2.60. The van der Waals surface area contributed by atoms with E-state index < -0.39 is 239 Å². The van der Waals surface area contributed by atoms with Gasteiger partial charge in [-0.3, -0.25) is 14.4 Å². The van der Waals surface area contributed by atoms with Crippen LogP contribution in [0.15, 0.2) is 0 Å². The van der Waals surface area contributed by atoms with Gasteiger partial charge in [-0.2, -0.15) is 0 Å². The van der Waals surface area contributed by atoms with Crippen LogP contribution in [0.1, 0.15) is 20.8 Å². The van der Waals surface area contributed by atoms with Crippen LogP contribution in [0.25, 0.3) is 0 Å². The monoisotopic (exact) mass is 1160 g/mol. The number of nitrogens with one attached hydrogen (secondary N) is 3.